The van der Waals surface area contributed by atoms with E-state index in [2.05, 4.69) is 4.98 Å². The van der Waals surface area contributed by atoms with Crippen molar-refractivity contribution < 1.29 is 23.6 Å². The molecule has 25 heavy (non-hydrogen) atoms. The Morgan fingerprint density at radius 2 is 2.04 bits per heavy atom. The Kier molecular flexibility index (Phi) is 4.34. The van der Waals surface area contributed by atoms with Crippen molar-refractivity contribution in [3.63, 3.8) is 0 Å². The van der Waals surface area contributed by atoms with E-state index in [1.165, 1.54) is 38.8 Å². The minimum absolute atomic E-state index is 0.129. The standard InChI is InChI=1S/C17H14N2O6/c1-23-15-8-11(19(21)22)4-5-12(15)16(17(20)24-2)10-3-6-14-13(7-10)18-9-25-14/h3-9,16H,1-2H3. The van der Waals surface area contributed by atoms with E-state index in [0.29, 0.717) is 22.2 Å². The molecule has 128 valence electrons. The molecule has 8 nitrogen and oxygen atoms in total. The van der Waals surface area contributed by atoms with E-state index in [1.54, 1.807) is 18.2 Å². The molecule has 8 heteroatoms. The number of aromatic nitrogens is 1. The lowest BCUT2D eigenvalue weighted by Crippen LogP contribution is -2.16. The highest BCUT2D eigenvalue weighted by atomic mass is 16.6. The summed E-state index contributed by atoms with van der Waals surface area (Å²) in [5.74, 6) is -1.11. The van der Waals surface area contributed by atoms with Gasteiger partial charge in [0.25, 0.3) is 5.69 Å². The molecule has 3 rings (SSSR count). The molecule has 0 saturated carbocycles. The zero-order valence-electron chi connectivity index (χ0n) is 13.5. The number of esters is 1. The third kappa shape index (κ3) is 3.01. The van der Waals surface area contributed by atoms with Gasteiger partial charge in [-0.3, -0.25) is 14.9 Å². The van der Waals surface area contributed by atoms with E-state index in [4.69, 9.17) is 13.9 Å². The van der Waals surface area contributed by atoms with Crippen molar-refractivity contribution in [1.29, 1.82) is 0 Å². The van der Waals surface area contributed by atoms with Crippen LogP contribution in [-0.2, 0) is 9.53 Å². The molecule has 0 radical (unpaired) electrons. The second-order valence-corrected chi connectivity index (χ2v) is 5.22. The topological polar surface area (TPSA) is 105 Å². The number of methoxy groups -OCH3 is 2. The van der Waals surface area contributed by atoms with Gasteiger partial charge in [0.05, 0.1) is 25.2 Å². The minimum Gasteiger partial charge on any atom is -0.496 e. The molecule has 1 aromatic heterocycles. The van der Waals surface area contributed by atoms with Gasteiger partial charge >= 0.3 is 5.97 Å². The summed E-state index contributed by atoms with van der Waals surface area (Å²) in [4.78, 5) is 26.9. The molecule has 0 aliphatic rings. The van der Waals surface area contributed by atoms with E-state index in [0.717, 1.165) is 0 Å². The van der Waals surface area contributed by atoms with Crippen LogP contribution in [0.4, 0.5) is 5.69 Å². The smallest absolute Gasteiger partial charge is 0.317 e. The van der Waals surface area contributed by atoms with Crippen molar-refractivity contribution in [2.45, 2.75) is 5.92 Å². The van der Waals surface area contributed by atoms with Crippen LogP contribution in [0.1, 0.15) is 17.0 Å². The summed E-state index contributed by atoms with van der Waals surface area (Å²) in [7, 11) is 2.67. The van der Waals surface area contributed by atoms with Crippen LogP contribution in [0.3, 0.4) is 0 Å². The first-order chi connectivity index (χ1) is 12.0. The summed E-state index contributed by atoms with van der Waals surface area (Å²) in [6.45, 7) is 0. The van der Waals surface area contributed by atoms with Gasteiger partial charge in [-0.25, -0.2) is 4.98 Å². The fourth-order valence-corrected chi connectivity index (χ4v) is 2.67. The molecule has 1 unspecified atom stereocenters. The van der Waals surface area contributed by atoms with Gasteiger partial charge < -0.3 is 13.9 Å². The van der Waals surface area contributed by atoms with Crippen LogP contribution in [0, 0.1) is 10.1 Å². The quantitative estimate of drug-likeness (QED) is 0.398. The van der Waals surface area contributed by atoms with E-state index in [1.807, 2.05) is 0 Å². The first-order valence-corrected chi connectivity index (χ1v) is 7.28. The van der Waals surface area contributed by atoms with Crippen LogP contribution in [0.25, 0.3) is 11.1 Å². The molecule has 0 aliphatic heterocycles. The lowest BCUT2D eigenvalue weighted by molar-refractivity contribution is -0.384. The van der Waals surface area contributed by atoms with Gasteiger partial charge in [-0.05, 0) is 23.8 Å². The zero-order chi connectivity index (χ0) is 18.0. The van der Waals surface area contributed by atoms with E-state index < -0.39 is 16.8 Å². The third-order valence-electron chi connectivity index (χ3n) is 3.86. The van der Waals surface area contributed by atoms with Crippen LogP contribution >= 0.6 is 0 Å². The molecule has 0 aliphatic carbocycles. The highest BCUT2D eigenvalue weighted by Crippen LogP contribution is 2.36. The molecule has 0 fully saturated rings. The number of nitro benzene ring substituents is 1. The number of benzene rings is 2. The van der Waals surface area contributed by atoms with Gasteiger partial charge in [-0.1, -0.05) is 6.07 Å². The van der Waals surface area contributed by atoms with Crippen LogP contribution in [0.15, 0.2) is 47.2 Å². The summed E-state index contributed by atoms with van der Waals surface area (Å²) in [5, 5.41) is 11.0. The maximum atomic E-state index is 12.4. The lowest BCUT2D eigenvalue weighted by Gasteiger charge is -2.18. The van der Waals surface area contributed by atoms with Crippen LogP contribution in [-0.4, -0.2) is 30.1 Å². The van der Waals surface area contributed by atoms with Gasteiger partial charge in [0.1, 0.15) is 17.2 Å². The predicted octanol–water partition coefficient (Wildman–Crippen LogP) is 3.05. The van der Waals surface area contributed by atoms with Crippen LogP contribution < -0.4 is 4.74 Å². The summed E-state index contributed by atoms with van der Waals surface area (Å²) in [6.07, 6.45) is 1.31. The van der Waals surface area contributed by atoms with Gasteiger partial charge in [0.15, 0.2) is 12.0 Å². The molecule has 2 aromatic carbocycles. The predicted molar refractivity (Wildman–Crippen MR) is 87.5 cm³/mol. The largest absolute Gasteiger partial charge is 0.496 e. The second-order valence-electron chi connectivity index (χ2n) is 5.22. The molecule has 3 aromatic rings. The van der Waals surface area contributed by atoms with Crippen molar-refractivity contribution >= 4 is 22.8 Å². The average Bonchev–Trinajstić information content (AvgIpc) is 3.09. The van der Waals surface area contributed by atoms with Gasteiger partial charge in [0, 0.05) is 11.6 Å². The number of carbonyl (C=O) groups excluding carboxylic acids is 1. The molecule has 0 spiro atoms. The summed E-state index contributed by atoms with van der Waals surface area (Å²) >= 11 is 0. The highest BCUT2D eigenvalue weighted by Gasteiger charge is 2.28. The monoisotopic (exact) mass is 342 g/mol. The first kappa shape index (κ1) is 16.4. The number of non-ortho nitro benzene ring substituents is 1. The Balaban J connectivity index is 2.16. The molecule has 0 amide bonds. The van der Waals surface area contributed by atoms with Gasteiger partial charge in [-0.2, -0.15) is 0 Å². The normalized spacial score (nSPS) is 11.9. The molecular weight excluding hydrogens is 328 g/mol. The number of nitrogens with zero attached hydrogens (tertiary/aromatic N) is 2. The fraction of sp³-hybridized carbons (Fsp3) is 0.176. The minimum atomic E-state index is -0.818. The number of nitro groups is 1. The second kappa shape index (κ2) is 6.60. The molecule has 0 saturated heterocycles. The number of hydrogen-bond donors (Lipinski definition) is 0. The zero-order valence-corrected chi connectivity index (χ0v) is 13.5. The Morgan fingerprint density at radius 3 is 2.72 bits per heavy atom. The number of fused-ring (bicyclic) bond motifs is 1. The number of carbonyl (C=O) groups is 1. The molecule has 1 heterocycles. The Morgan fingerprint density at radius 1 is 1.24 bits per heavy atom. The molecule has 0 bridgehead atoms. The SMILES string of the molecule is COC(=O)C(c1ccc2ocnc2c1)c1ccc([N+](=O)[O-])cc1OC. The van der Waals surface area contributed by atoms with Crippen molar-refractivity contribution in [2.24, 2.45) is 0 Å². The van der Waals surface area contributed by atoms with Crippen molar-refractivity contribution in [3.05, 3.63) is 64.0 Å². The lowest BCUT2D eigenvalue weighted by atomic mass is 9.90. The maximum absolute atomic E-state index is 12.4. The third-order valence-corrected chi connectivity index (χ3v) is 3.86. The molecule has 1 atom stereocenters. The number of oxazole rings is 1. The van der Waals surface area contributed by atoms with Crippen molar-refractivity contribution in [1.82, 2.24) is 4.98 Å². The summed E-state index contributed by atoms with van der Waals surface area (Å²) < 4.78 is 15.4. The Bertz CT molecular complexity index is 949. The first-order valence-electron chi connectivity index (χ1n) is 7.28. The number of ether oxygens (including phenoxy) is 2. The van der Waals surface area contributed by atoms with Crippen molar-refractivity contribution in [3.8, 4) is 5.75 Å². The Hall–Kier alpha value is -3.42. The Labute approximate surface area is 142 Å². The highest BCUT2D eigenvalue weighted by molar-refractivity contribution is 5.85. The van der Waals surface area contributed by atoms with E-state index in [-0.39, 0.29) is 11.4 Å². The number of rotatable bonds is 5. The maximum Gasteiger partial charge on any atom is 0.317 e. The van der Waals surface area contributed by atoms with Crippen LogP contribution in [0.5, 0.6) is 5.75 Å². The molecule has 0 N–H and O–H groups in total. The summed E-state index contributed by atoms with van der Waals surface area (Å²) in [5.41, 5.74) is 2.12. The van der Waals surface area contributed by atoms with Crippen LogP contribution in [0.2, 0.25) is 0 Å². The van der Waals surface area contributed by atoms with E-state index in [9.17, 15) is 14.9 Å². The number of hydrogen-bond acceptors (Lipinski definition) is 7. The van der Waals surface area contributed by atoms with Gasteiger partial charge in [-0.15, -0.1) is 0 Å². The molecular formula is C17H14N2O6. The van der Waals surface area contributed by atoms with E-state index >= 15 is 0 Å². The average molecular weight is 342 g/mol. The fourth-order valence-electron chi connectivity index (χ4n) is 2.67. The summed E-state index contributed by atoms with van der Waals surface area (Å²) in [6, 6.07) is 9.22. The van der Waals surface area contributed by atoms with Crippen molar-refractivity contribution in [2.75, 3.05) is 14.2 Å². The van der Waals surface area contributed by atoms with Gasteiger partial charge in [0.2, 0.25) is 0 Å².